The molecular weight excluding hydrogens is 330 g/mol. The van der Waals surface area contributed by atoms with Crippen molar-refractivity contribution in [2.45, 2.75) is 32.0 Å². The van der Waals surface area contributed by atoms with E-state index < -0.39 is 18.2 Å². The lowest BCUT2D eigenvalue weighted by atomic mass is 9.96. The molecule has 0 bridgehead atoms. The van der Waals surface area contributed by atoms with E-state index in [9.17, 15) is 14.7 Å². The number of nitrogens with zero attached hydrogens (tertiary/aromatic N) is 2. The number of aliphatic hydroxyl groups is 1. The third-order valence-corrected chi connectivity index (χ3v) is 4.87. The summed E-state index contributed by atoms with van der Waals surface area (Å²) in [5.41, 5.74) is 3.10. The molecule has 2 heterocycles. The predicted molar refractivity (Wildman–Crippen MR) is 96.8 cm³/mol. The quantitative estimate of drug-likeness (QED) is 0.814. The summed E-state index contributed by atoms with van der Waals surface area (Å²) in [6.45, 7) is 1.91. The van der Waals surface area contributed by atoms with E-state index in [2.05, 4.69) is 5.32 Å². The number of imide groups is 1. The van der Waals surface area contributed by atoms with E-state index in [0.717, 1.165) is 11.1 Å². The largest absolute Gasteiger partial charge is 0.369 e. The van der Waals surface area contributed by atoms with Gasteiger partial charge in [-0.2, -0.15) is 0 Å². The molecule has 6 heteroatoms. The van der Waals surface area contributed by atoms with Crippen molar-refractivity contribution in [2.75, 3.05) is 0 Å². The number of carbonyl (C=O) groups excluding carboxylic acids is 2. The Morgan fingerprint density at radius 2 is 1.88 bits per heavy atom. The maximum atomic E-state index is 12.5. The fourth-order valence-corrected chi connectivity index (χ4v) is 3.59. The molecule has 0 saturated carbocycles. The van der Waals surface area contributed by atoms with Crippen LogP contribution in [0.4, 0.5) is 5.69 Å². The predicted octanol–water partition coefficient (Wildman–Crippen LogP) is 2.19. The average Bonchev–Trinajstić information content (AvgIpc) is 2.63. The van der Waals surface area contributed by atoms with Gasteiger partial charge in [-0.05, 0) is 25.0 Å². The molecule has 0 aromatic heterocycles. The molecule has 132 valence electrons. The van der Waals surface area contributed by atoms with Crippen LogP contribution in [-0.2, 0) is 9.59 Å². The summed E-state index contributed by atoms with van der Waals surface area (Å²) in [7, 11) is 0. The van der Waals surface area contributed by atoms with Crippen molar-refractivity contribution in [2.24, 2.45) is 4.99 Å². The summed E-state index contributed by atoms with van der Waals surface area (Å²) in [6.07, 6.45) is -0.431. The third-order valence-electron chi connectivity index (χ3n) is 4.87. The Kier molecular flexibility index (Phi) is 4.05. The smallest absolute Gasteiger partial charge is 0.249 e. The minimum Gasteiger partial charge on any atom is -0.369 e. The second-order valence-electron chi connectivity index (χ2n) is 6.56. The molecule has 2 amide bonds. The topological polar surface area (TPSA) is 82.0 Å². The van der Waals surface area contributed by atoms with Gasteiger partial charge in [-0.15, -0.1) is 0 Å². The molecule has 2 aromatic rings. The minimum absolute atomic E-state index is 0.238. The number of carbonyl (C=O) groups is 2. The first-order valence-electron chi connectivity index (χ1n) is 8.60. The van der Waals surface area contributed by atoms with Crippen molar-refractivity contribution in [1.29, 1.82) is 0 Å². The lowest BCUT2D eigenvalue weighted by Crippen LogP contribution is -2.56. The van der Waals surface area contributed by atoms with E-state index in [1.807, 2.05) is 55.5 Å². The number of rotatable bonds is 2. The van der Waals surface area contributed by atoms with E-state index in [1.54, 1.807) is 4.90 Å². The first kappa shape index (κ1) is 16.5. The number of benzene rings is 2. The van der Waals surface area contributed by atoms with Crippen LogP contribution >= 0.6 is 0 Å². The minimum atomic E-state index is -1.01. The van der Waals surface area contributed by atoms with Crippen LogP contribution in [0.5, 0.6) is 0 Å². The molecule has 0 radical (unpaired) electrons. The molecule has 0 spiro atoms. The summed E-state index contributed by atoms with van der Waals surface area (Å²) in [5.74, 6) is -0.154. The highest BCUT2D eigenvalue weighted by atomic mass is 16.3. The van der Waals surface area contributed by atoms with Crippen LogP contribution in [0, 0.1) is 6.92 Å². The number of hydrogen-bond donors (Lipinski definition) is 2. The molecule has 2 unspecified atom stereocenters. The van der Waals surface area contributed by atoms with Gasteiger partial charge in [0.25, 0.3) is 0 Å². The SMILES string of the molecule is Cc1cccc2c1C(O)N(C1CCC(=O)NC1=O)C(c1ccccc1)=N2. The van der Waals surface area contributed by atoms with E-state index in [1.165, 1.54) is 0 Å². The molecule has 1 saturated heterocycles. The molecule has 6 nitrogen and oxygen atoms in total. The van der Waals surface area contributed by atoms with Crippen molar-refractivity contribution in [3.05, 3.63) is 65.2 Å². The van der Waals surface area contributed by atoms with Crippen molar-refractivity contribution in [3.63, 3.8) is 0 Å². The second-order valence-corrected chi connectivity index (χ2v) is 6.56. The molecule has 2 atom stereocenters. The van der Waals surface area contributed by atoms with Crippen molar-refractivity contribution in [3.8, 4) is 0 Å². The van der Waals surface area contributed by atoms with Gasteiger partial charge in [-0.3, -0.25) is 14.9 Å². The fourth-order valence-electron chi connectivity index (χ4n) is 3.59. The summed E-state index contributed by atoms with van der Waals surface area (Å²) >= 11 is 0. The average molecular weight is 349 g/mol. The Morgan fingerprint density at radius 3 is 2.62 bits per heavy atom. The van der Waals surface area contributed by atoms with Gasteiger partial charge in [0.2, 0.25) is 11.8 Å². The van der Waals surface area contributed by atoms with E-state index in [4.69, 9.17) is 4.99 Å². The van der Waals surface area contributed by atoms with Crippen LogP contribution in [0.2, 0.25) is 0 Å². The van der Waals surface area contributed by atoms with Crippen LogP contribution in [-0.4, -0.2) is 33.7 Å². The number of amides is 2. The van der Waals surface area contributed by atoms with Crippen LogP contribution in [0.1, 0.15) is 35.8 Å². The number of aryl methyl sites for hydroxylation is 1. The molecule has 2 N–H and O–H groups in total. The highest BCUT2D eigenvalue weighted by Crippen LogP contribution is 2.39. The van der Waals surface area contributed by atoms with Crippen molar-refractivity contribution < 1.29 is 14.7 Å². The van der Waals surface area contributed by atoms with Crippen LogP contribution in [0.25, 0.3) is 0 Å². The normalized spacial score (nSPS) is 22.5. The molecule has 2 aliphatic heterocycles. The van der Waals surface area contributed by atoms with E-state index >= 15 is 0 Å². The first-order valence-corrected chi connectivity index (χ1v) is 8.60. The summed E-state index contributed by atoms with van der Waals surface area (Å²) < 4.78 is 0. The Balaban J connectivity index is 1.86. The molecule has 1 fully saturated rings. The zero-order valence-corrected chi connectivity index (χ0v) is 14.3. The number of nitrogens with one attached hydrogen (secondary N) is 1. The van der Waals surface area contributed by atoms with Crippen molar-refractivity contribution in [1.82, 2.24) is 10.2 Å². The zero-order chi connectivity index (χ0) is 18.3. The van der Waals surface area contributed by atoms with E-state index in [-0.39, 0.29) is 12.3 Å². The van der Waals surface area contributed by atoms with Gasteiger partial charge in [-0.25, -0.2) is 4.99 Å². The van der Waals surface area contributed by atoms with Crippen LogP contribution in [0.15, 0.2) is 53.5 Å². The van der Waals surface area contributed by atoms with Gasteiger partial charge in [0, 0.05) is 17.5 Å². The van der Waals surface area contributed by atoms with Gasteiger partial charge in [0.1, 0.15) is 11.9 Å². The van der Waals surface area contributed by atoms with Gasteiger partial charge in [0.05, 0.1) is 5.69 Å². The summed E-state index contributed by atoms with van der Waals surface area (Å²) in [6, 6.07) is 14.5. The second kappa shape index (κ2) is 6.38. The maximum absolute atomic E-state index is 12.5. The Bertz CT molecular complexity index is 908. The number of fused-ring (bicyclic) bond motifs is 1. The molecule has 2 aliphatic rings. The molecule has 26 heavy (non-hydrogen) atoms. The highest BCUT2D eigenvalue weighted by Gasteiger charge is 2.40. The first-order chi connectivity index (χ1) is 12.6. The van der Waals surface area contributed by atoms with Crippen molar-refractivity contribution >= 4 is 23.3 Å². The highest BCUT2D eigenvalue weighted by molar-refractivity contribution is 6.07. The summed E-state index contributed by atoms with van der Waals surface area (Å²) in [4.78, 5) is 30.4. The Labute approximate surface area is 151 Å². The monoisotopic (exact) mass is 349 g/mol. The summed E-state index contributed by atoms with van der Waals surface area (Å²) in [5, 5.41) is 13.5. The number of amidine groups is 1. The lowest BCUT2D eigenvalue weighted by molar-refractivity contribution is -0.139. The standard InChI is InChI=1S/C20H19N3O3/c1-12-6-5-9-14-17(12)20(26)23(15-10-11-16(24)22-19(15)25)18(21-14)13-7-3-2-4-8-13/h2-9,15,20,26H,10-11H2,1H3,(H,22,24,25). The van der Waals surface area contributed by atoms with E-state index in [0.29, 0.717) is 23.5 Å². The molecule has 4 rings (SSSR count). The van der Waals surface area contributed by atoms with Crippen LogP contribution < -0.4 is 5.32 Å². The maximum Gasteiger partial charge on any atom is 0.249 e. The zero-order valence-electron chi connectivity index (χ0n) is 14.3. The number of piperidine rings is 1. The molecular formula is C20H19N3O3. The van der Waals surface area contributed by atoms with Gasteiger partial charge in [-0.1, -0.05) is 42.5 Å². The Morgan fingerprint density at radius 1 is 1.12 bits per heavy atom. The molecule has 2 aromatic carbocycles. The lowest BCUT2D eigenvalue weighted by Gasteiger charge is -2.41. The number of aliphatic hydroxyl groups excluding tert-OH is 1. The third kappa shape index (κ3) is 2.68. The van der Waals surface area contributed by atoms with Gasteiger partial charge < -0.3 is 10.0 Å². The van der Waals surface area contributed by atoms with Crippen LogP contribution in [0.3, 0.4) is 0 Å². The Hall–Kier alpha value is -2.99. The number of aliphatic imine (C=N–C) groups is 1. The van der Waals surface area contributed by atoms with Gasteiger partial charge in [0.15, 0.2) is 6.23 Å². The number of hydrogen-bond acceptors (Lipinski definition) is 5. The van der Waals surface area contributed by atoms with Gasteiger partial charge >= 0.3 is 0 Å². The fraction of sp³-hybridized carbons (Fsp3) is 0.250. The molecule has 0 aliphatic carbocycles.